The van der Waals surface area contributed by atoms with Crippen molar-refractivity contribution < 1.29 is 4.79 Å². The first kappa shape index (κ1) is 13.2. The van der Waals surface area contributed by atoms with Crippen LogP contribution in [-0.2, 0) is 6.54 Å². The predicted molar refractivity (Wildman–Crippen MR) is 72.1 cm³/mol. The molecule has 0 spiro atoms. The molecule has 0 atom stereocenters. The molecule has 0 aliphatic heterocycles. The molecule has 19 heavy (non-hydrogen) atoms. The summed E-state index contributed by atoms with van der Waals surface area (Å²) in [6, 6.07) is 5.54. The highest BCUT2D eigenvalue weighted by atomic mass is 16.2. The molecule has 2 aromatic heterocycles. The largest absolute Gasteiger partial charge is 0.343 e. The molecule has 0 fully saturated rings. The van der Waals surface area contributed by atoms with Crippen LogP contribution in [0.5, 0.6) is 0 Å². The third kappa shape index (κ3) is 2.97. The molecular weight excluding hydrogens is 242 g/mol. The predicted octanol–water partition coefficient (Wildman–Crippen LogP) is 0.688. The summed E-state index contributed by atoms with van der Waals surface area (Å²) >= 11 is 0. The van der Waals surface area contributed by atoms with Gasteiger partial charge in [0.15, 0.2) is 11.5 Å². The van der Waals surface area contributed by atoms with Crippen LogP contribution in [0.3, 0.4) is 0 Å². The van der Waals surface area contributed by atoms with Crippen LogP contribution in [0.4, 0.5) is 0 Å². The minimum Gasteiger partial charge on any atom is -0.343 e. The molecule has 100 valence electrons. The maximum absolute atomic E-state index is 11.7. The summed E-state index contributed by atoms with van der Waals surface area (Å²) in [6.45, 7) is 0.775. The molecule has 0 unspecified atom stereocenters. The maximum Gasteiger partial charge on any atom is 0.273 e. The molecule has 1 amide bonds. The molecule has 2 aromatic rings. The molecule has 2 heterocycles. The maximum atomic E-state index is 11.7. The first-order valence-corrected chi connectivity index (χ1v) is 5.99. The van der Waals surface area contributed by atoms with Gasteiger partial charge in [0.05, 0.1) is 0 Å². The lowest BCUT2D eigenvalue weighted by atomic mass is 10.3. The number of carbonyl (C=O) groups excluding carboxylic acids is 1. The van der Waals surface area contributed by atoms with E-state index in [9.17, 15) is 4.79 Å². The van der Waals surface area contributed by atoms with Crippen LogP contribution in [0.2, 0.25) is 0 Å². The second-order valence-electron chi connectivity index (χ2n) is 4.40. The normalized spacial score (nSPS) is 10.5. The number of hydrogen-bond acceptors (Lipinski definition) is 4. The Morgan fingerprint density at radius 1 is 1.37 bits per heavy atom. The molecule has 1 N–H and O–H groups in total. The van der Waals surface area contributed by atoms with E-state index in [4.69, 9.17) is 0 Å². The van der Waals surface area contributed by atoms with Crippen LogP contribution in [-0.4, -0.2) is 46.7 Å². The fourth-order valence-electron chi connectivity index (χ4n) is 1.66. The minimum atomic E-state index is -0.120. The average Bonchev–Trinajstić information content (AvgIpc) is 2.88. The standard InChI is InChI=1S/C13H17N5O/c1-14-8-10-4-5-12(15-9-10)18-7-6-11(16-18)13(19)17(2)3/h4-7,9,14H,8H2,1-3H3. The molecule has 0 radical (unpaired) electrons. The summed E-state index contributed by atoms with van der Waals surface area (Å²) in [7, 11) is 5.29. The van der Waals surface area contributed by atoms with Gasteiger partial charge in [-0.2, -0.15) is 5.10 Å². The van der Waals surface area contributed by atoms with Crippen molar-refractivity contribution >= 4 is 5.91 Å². The van der Waals surface area contributed by atoms with E-state index in [0.717, 1.165) is 12.1 Å². The van der Waals surface area contributed by atoms with Crippen molar-refractivity contribution in [1.29, 1.82) is 0 Å². The molecule has 0 aliphatic carbocycles. The van der Waals surface area contributed by atoms with E-state index in [1.165, 1.54) is 4.90 Å². The molecule has 0 saturated carbocycles. The number of aromatic nitrogens is 3. The fourth-order valence-corrected chi connectivity index (χ4v) is 1.66. The van der Waals surface area contributed by atoms with Gasteiger partial charge in [-0.25, -0.2) is 9.67 Å². The molecule has 0 aromatic carbocycles. The lowest BCUT2D eigenvalue weighted by Gasteiger charge is -2.07. The number of hydrogen-bond donors (Lipinski definition) is 1. The first-order valence-electron chi connectivity index (χ1n) is 5.99. The van der Waals surface area contributed by atoms with Crippen molar-refractivity contribution in [3.63, 3.8) is 0 Å². The van der Waals surface area contributed by atoms with Gasteiger partial charge in [-0.1, -0.05) is 6.07 Å². The van der Waals surface area contributed by atoms with Crippen molar-refractivity contribution in [2.45, 2.75) is 6.54 Å². The van der Waals surface area contributed by atoms with E-state index in [0.29, 0.717) is 11.5 Å². The summed E-state index contributed by atoms with van der Waals surface area (Å²) < 4.78 is 1.60. The summed E-state index contributed by atoms with van der Waals surface area (Å²) in [6.07, 6.45) is 3.53. The lowest BCUT2D eigenvalue weighted by molar-refractivity contribution is 0.0821. The second-order valence-corrected chi connectivity index (χ2v) is 4.40. The summed E-state index contributed by atoms with van der Waals surface area (Å²) in [5, 5.41) is 7.29. The second kappa shape index (κ2) is 5.62. The van der Waals surface area contributed by atoms with E-state index < -0.39 is 0 Å². The van der Waals surface area contributed by atoms with Gasteiger partial charge in [-0.3, -0.25) is 4.79 Å². The molecule has 6 nitrogen and oxygen atoms in total. The third-order valence-electron chi connectivity index (χ3n) is 2.64. The molecule has 0 aliphatic rings. The molecule has 0 saturated heterocycles. The van der Waals surface area contributed by atoms with Crippen LogP contribution in [0.25, 0.3) is 5.82 Å². The van der Waals surface area contributed by atoms with Gasteiger partial charge in [-0.15, -0.1) is 0 Å². The highest BCUT2D eigenvalue weighted by molar-refractivity contribution is 5.91. The Bertz CT molecular complexity index is 559. The van der Waals surface area contributed by atoms with Crippen molar-refractivity contribution in [2.75, 3.05) is 21.1 Å². The Labute approximate surface area is 112 Å². The number of carbonyl (C=O) groups is 1. The van der Waals surface area contributed by atoms with Crippen LogP contribution in [0.15, 0.2) is 30.6 Å². The van der Waals surface area contributed by atoms with Crippen LogP contribution >= 0.6 is 0 Å². The Hall–Kier alpha value is -2.21. The zero-order valence-electron chi connectivity index (χ0n) is 11.3. The number of pyridine rings is 1. The quantitative estimate of drug-likeness (QED) is 0.877. The molecular formula is C13H17N5O. The fraction of sp³-hybridized carbons (Fsp3) is 0.308. The Morgan fingerprint density at radius 2 is 2.16 bits per heavy atom. The van der Waals surface area contributed by atoms with Gasteiger partial charge in [0.1, 0.15) is 0 Å². The van der Waals surface area contributed by atoms with Crippen molar-refractivity contribution in [1.82, 2.24) is 25.0 Å². The van der Waals surface area contributed by atoms with Crippen molar-refractivity contribution in [3.05, 3.63) is 41.9 Å². The SMILES string of the molecule is CNCc1ccc(-n2ccc(C(=O)N(C)C)n2)nc1. The number of amides is 1. The van der Waals surface area contributed by atoms with Gasteiger partial charge in [0.25, 0.3) is 5.91 Å². The molecule has 0 bridgehead atoms. The highest BCUT2D eigenvalue weighted by Crippen LogP contribution is 2.07. The van der Waals surface area contributed by atoms with E-state index in [1.54, 1.807) is 37.2 Å². The van der Waals surface area contributed by atoms with Crippen LogP contribution in [0, 0.1) is 0 Å². The monoisotopic (exact) mass is 259 g/mol. The average molecular weight is 259 g/mol. The molecule has 6 heteroatoms. The number of nitrogens with zero attached hydrogens (tertiary/aromatic N) is 4. The van der Waals surface area contributed by atoms with Crippen molar-refractivity contribution in [2.24, 2.45) is 0 Å². The Balaban J connectivity index is 2.20. The zero-order chi connectivity index (χ0) is 13.8. The van der Waals surface area contributed by atoms with E-state index in [-0.39, 0.29) is 5.91 Å². The summed E-state index contributed by atoms with van der Waals surface area (Å²) in [5.74, 6) is 0.572. The van der Waals surface area contributed by atoms with Gasteiger partial charge in [-0.05, 0) is 24.7 Å². The first-order chi connectivity index (χ1) is 9.11. The van der Waals surface area contributed by atoms with Gasteiger partial charge in [0.2, 0.25) is 0 Å². The third-order valence-corrected chi connectivity index (χ3v) is 2.64. The number of nitrogens with one attached hydrogen (secondary N) is 1. The summed E-state index contributed by atoms with van der Waals surface area (Å²) in [4.78, 5) is 17.6. The van der Waals surface area contributed by atoms with Gasteiger partial charge in [0, 0.05) is 33.0 Å². The molecule has 2 rings (SSSR count). The zero-order valence-corrected chi connectivity index (χ0v) is 11.3. The minimum absolute atomic E-state index is 0.120. The smallest absolute Gasteiger partial charge is 0.273 e. The Kier molecular flexibility index (Phi) is 3.91. The highest BCUT2D eigenvalue weighted by Gasteiger charge is 2.12. The Morgan fingerprint density at radius 3 is 2.74 bits per heavy atom. The topological polar surface area (TPSA) is 63.1 Å². The van der Waals surface area contributed by atoms with Crippen LogP contribution < -0.4 is 5.32 Å². The van der Waals surface area contributed by atoms with Crippen molar-refractivity contribution in [3.8, 4) is 5.82 Å². The van der Waals surface area contributed by atoms with Crippen LogP contribution in [0.1, 0.15) is 16.1 Å². The van der Waals surface area contributed by atoms with E-state index in [1.807, 2.05) is 19.2 Å². The lowest BCUT2D eigenvalue weighted by Crippen LogP contribution is -2.22. The van der Waals surface area contributed by atoms with Gasteiger partial charge < -0.3 is 10.2 Å². The van der Waals surface area contributed by atoms with Gasteiger partial charge >= 0.3 is 0 Å². The number of rotatable bonds is 4. The summed E-state index contributed by atoms with van der Waals surface area (Å²) in [5.41, 5.74) is 1.51. The van der Waals surface area contributed by atoms with E-state index in [2.05, 4.69) is 15.4 Å². The van der Waals surface area contributed by atoms with E-state index >= 15 is 0 Å².